The molecule has 2 heterocycles. The van der Waals surface area contributed by atoms with Gasteiger partial charge in [0.2, 0.25) is 0 Å². The number of carbonyl (C=O) groups is 2. The zero-order valence-electron chi connectivity index (χ0n) is 14.5. The third-order valence-corrected chi connectivity index (χ3v) is 3.12. The molecule has 1 aliphatic heterocycles. The van der Waals surface area contributed by atoms with Gasteiger partial charge in [0.1, 0.15) is 6.61 Å². The second-order valence-corrected chi connectivity index (χ2v) is 5.54. The van der Waals surface area contributed by atoms with E-state index >= 15 is 0 Å². The molecule has 0 radical (unpaired) electrons. The highest BCUT2D eigenvalue weighted by Crippen LogP contribution is 2.29. The Hall–Kier alpha value is -2.68. The normalized spacial score (nSPS) is 17.3. The predicted octanol–water partition coefficient (Wildman–Crippen LogP) is 1.27. The lowest BCUT2D eigenvalue weighted by Crippen LogP contribution is -2.46. The third kappa shape index (κ3) is 4.90. The van der Waals surface area contributed by atoms with Crippen molar-refractivity contribution >= 4 is 23.8 Å². The van der Waals surface area contributed by atoms with Crippen LogP contribution in [0.4, 0.5) is 5.69 Å². The van der Waals surface area contributed by atoms with Crippen LogP contribution in [0.2, 0.25) is 0 Å². The van der Waals surface area contributed by atoms with Gasteiger partial charge in [-0.15, -0.1) is 0 Å². The van der Waals surface area contributed by atoms with Crippen LogP contribution in [0.1, 0.15) is 13.8 Å². The Labute approximate surface area is 144 Å². The number of methoxy groups -OCH3 is 2. The number of cyclic esters (lactones) is 2. The minimum absolute atomic E-state index is 0.285. The molecule has 0 aliphatic carbocycles. The predicted molar refractivity (Wildman–Crippen MR) is 86.1 cm³/mol. The summed E-state index contributed by atoms with van der Waals surface area (Å²) in [6, 6.07) is 1.57. The van der Waals surface area contributed by atoms with Crippen LogP contribution in [0.25, 0.3) is 0 Å². The second kappa shape index (κ2) is 7.93. The van der Waals surface area contributed by atoms with Crippen molar-refractivity contribution < 1.29 is 33.3 Å². The highest BCUT2D eigenvalue weighted by Gasteiger charge is 2.42. The maximum absolute atomic E-state index is 11.9. The zero-order valence-corrected chi connectivity index (χ0v) is 14.5. The molecule has 0 spiro atoms. The van der Waals surface area contributed by atoms with Crippen LogP contribution in [0, 0.1) is 5.92 Å². The number of esters is 2. The molecule has 0 atom stereocenters. The number of hydrogen-bond donors (Lipinski definition) is 0. The maximum Gasteiger partial charge on any atom is 0.329 e. The van der Waals surface area contributed by atoms with Crippen molar-refractivity contribution in [3.63, 3.8) is 0 Å². The summed E-state index contributed by atoms with van der Waals surface area (Å²) in [5.41, 5.74) is 0.374. The number of rotatable bonds is 7. The molecule has 0 aromatic carbocycles. The van der Waals surface area contributed by atoms with Crippen molar-refractivity contribution in [1.29, 1.82) is 0 Å². The summed E-state index contributed by atoms with van der Waals surface area (Å²) in [5.74, 6) is -3.29. The average Bonchev–Trinajstić information content (AvgIpc) is 2.53. The van der Waals surface area contributed by atoms with Crippen molar-refractivity contribution in [3.05, 3.63) is 12.3 Å². The van der Waals surface area contributed by atoms with E-state index in [4.69, 9.17) is 23.7 Å². The molecule has 9 nitrogen and oxygen atoms in total. The van der Waals surface area contributed by atoms with Gasteiger partial charge in [-0.25, -0.2) is 4.98 Å². The molecule has 1 aromatic heterocycles. The van der Waals surface area contributed by atoms with Crippen molar-refractivity contribution in [2.24, 2.45) is 10.9 Å². The number of nitrogens with zero attached hydrogens (tertiary/aromatic N) is 2. The first-order valence-corrected chi connectivity index (χ1v) is 7.52. The summed E-state index contributed by atoms with van der Waals surface area (Å²) in [6.45, 7) is 3.66. The molecule has 0 bridgehead atoms. The molecule has 1 aliphatic rings. The summed E-state index contributed by atoms with van der Waals surface area (Å²) < 4.78 is 25.6. The van der Waals surface area contributed by atoms with Gasteiger partial charge in [-0.1, -0.05) is 0 Å². The fraction of sp³-hybridized carbons (Fsp3) is 0.500. The first-order chi connectivity index (χ1) is 11.9. The molecule has 0 N–H and O–H groups in total. The summed E-state index contributed by atoms with van der Waals surface area (Å²) in [5, 5.41) is 0. The van der Waals surface area contributed by atoms with Crippen LogP contribution in [-0.2, 0) is 23.8 Å². The van der Waals surface area contributed by atoms with E-state index in [-0.39, 0.29) is 5.88 Å². The topological polar surface area (TPSA) is 106 Å². The molecule has 136 valence electrons. The lowest BCUT2D eigenvalue weighted by molar-refractivity contribution is -0.235. The Kier molecular flexibility index (Phi) is 5.92. The van der Waals surface area contributed by atoms with Gasteiger partial charge in [0.25, 0.3) is 11.7 Å². The van der Waals surface area contributed by atoms with Gasteiger partial charge in [0, 0.05) is 33.2 Å². The fourth-order valence-electron chi connectivity index (χ4n) is 1.99. The smallest absolute Gasteiger partial charge is 0.329 e. The molecule has 9 heteroatoms. The van der Waals surface area contributed by atoms with Gasteiger partial charge < -0.3 is 23.7 Å². The number of ether oxygens (including phenoxy) is 5. The quantitative estimate of drug-likeness (QED) is 0.313. The van der Waals surface area contributed by atoms with E-state index in [1.165, 1.54) is 27.2 Å². The van der Waals surface area contributed by atoms with Crippen LogP contribution in [0.3, 0.4) is 0 Å². The molecular weight excluding hydrogens is 332 g/mol. The fourth-order valence-corrected chi connectivity index (χ4v) is 1.99. The second-order valence-electron chi connectivity index (χ2n) is 5.54. The number of aliphatic imine (C=N–C) groups is 1. The van der Waals surface area contributed by atoms with E-state index in [2.05, 4.69) is 9.98 Å². The standard InChI is InChI=1S/C16H20N2O7/c1-16(2)24-14(19)11(15(20)25-16)9-17-10-7-12(23-6-5-21-3)13(22-4)18-8-10/h7-9,11H,5-6H2,1-4H3/b17-9+. The van der Waals surface area contributed by atoms with Crippen molar-refractivity contribution in [1.82, 2.24) is 4.98 Å². The van der Waals surface area contributed by atoms with Gasteiger partial charge in [0.05, 0.1) is 25.6 Å². The summed E-state index contributed by atoms with van der Waals surface area (Å²) in [4.78, 5) is 31.9. The van der Waals surface area contributed by atoms with Crippen LogP contribution in [0.5, 0.6) is 11.6 Å². The lowest BCUT2D eigenvalue weighted by atomic mass is 10.1. The highest BCUT2D eigenvalue weighted by molar-refractivity contribution is 6.10. The van der Waals surface area contributed by atoms with E-state index in [1.807, 2.05) is 0 Å². The Bertz CT molecular complexity index is 652. The Morgan fingerprint density at radius 2 is 1.92 bits per heavy atom. The molecule has 1 fully saturated rings. The first kappa shape index (κ1) is 18.7. The van der Waals surface area contributed by atoms with Crippen LogP contribution in [-0.4, -0.2) is 56.4 Å². The summed E-state index contributed by atoms with van der Waals surface area (Å²) in [6.07, 6.45) is 2.57. The molecule has 0 saturated carbocycles. The molecule has 1 aromatic rings. The monoisotopic (exact) mass is 352 g/mol. The van der Waals surface area contributed by atoms with E-state index in [0.717, 1.165) is 6.21 Å². The molecule has 0 amide bonds. The summed E-state index contributed by atoms with van der Waals surface area (Å²) in [7, 11) is 3.02. The molecular formula is C16H20N2O7. The minimum Gasteiger partial charge on any atom is -0.485 e. The van der Waals surface area contributed by atoms with E-state index < -0.39 is 23.6 Å². The Balaban J connectivity index is 2.13. The summed E-state index contributed by atoms with van der Waals surface area (Å²) >= 11 is 0. The number of aromatic nitrogens is 1. The van der Waals surface area contributed by atoms with Crippen molar-refractivity contribution in [2.75, 3.05) is 27.4 Å². The maximum atomic E-state index is 11.9. The van der Waals surface area contributed by atoms with Crippen molar-refractivity contribution in [3.8, 4) is 11.6 Å². The van der Waals surface area contributed by atoms with E-state index in [9.17, 15) is 9.59 Å². The first-order valence-electron chi connectivity index (χ1n) is 7.52. The average molecular weight is 352 g/mol. The van der Waals surface area contributed by atoms with E-state index in [0.29, 0.717) is 24.7 Å². The number of hydrogen-bond acceptors (Lipinski definition) is 9. The van der Waals surface area contributed by atoms with Gasteiger partial charge >= 0.3 is 11.9 Å². The van der Waals surface area contributed by atoms with Gasteiger partial charge in [-0.05, 0) is 0 Å². The van der Waals surface area contributed by atoms with Crippen molar-refractivity contribution in [2.45, 2.75) is 19.6 Å². The molecule has 25 heavy (non-hydrogen) atoms. The van der Waals surface area contributed by atoms with Crippen LogP contribution < -0.4 is 9.47 Å². The Morgan fingerprint density at radius 1 is 1.24 bits per heavy atom. The van der Waals surface area contributed by atoms with Crippen LogP contribution >= 0.6 is 0 Å². The van der Waals surface area contributed by atoms with Gasteiger partial charge in [-0.3, -0.25) is 14.6 Å². The molecule has 1 saturated heterocycles. The zero-order chi connectivity index (χ0) is 18.4. The van der Waals surface area contributed by atoms with Gasteiger partial charge in [0.15, 0.2) is 11.7 Å². The number of pyridine rings is 1. The van der Waals surface area contributed by atoms with Crippen LogP contribution in [0.15, 0.2) is 17.3 Å². The highest BCUT2D eigenvalue weighted by atomic mass is 16.7. The molecule has 0 unspecified atom stereocenters. The minimum atomic E-state index is -1.28. The molecule has 2 rings (SSSR count). The van der Waals surface area contributed by atoms with E-state index in [1.54, 1.807) is 13.2 Å². The lowest BCUT2D eigenvalue weighted by Gasteiger charge is -2.31. The third-order valence-electron chi connectivity index (χ3n) is 3.12. The largest absolute Gasteiger partial charge is 0.485 e. The van der Waals surface area contributed by atoms with Gasteiger partial charge in [-0.2, -0.15) is 0 Å². The number of carbonyl (C=O) groups excluding carboxylic acids is 2. The SMILES string of the molecule is COCCOc1cc(/N=C/C2C(=O)OC(C)(C)OC2=O)cnc1OC. The Morgan fingerprint density at radius 3 is 2.52 bits per heavy atom.